The molecule has 7 nitrogen and oxygen atoms in total. The Morgan fingerprint density at radius 1 is 1.15 bits per heavy atom. The van der Waals surface area contributed by atoms with Gasteiger partial charge in [0.1, 0.15) is 12.1 Å². The number of nitrogens with two attached hydrogens (primary N) is 1. The molecule has 5 N–H and O–H groups in total. The number of hydrogen-bond donors (Lipinski definition) is 5. The van der Waals surface area contributed by atoms with Crippen molar-refractivity contribution in [2.75, 3.05) is 5.75 Å². The first-order valence-corrected chi connectivity index (χ1v) is 7.02. The van der Waals surface area contributed by atoms with Crippen LogP contribution in [-0.4, -0.2) is 46.8 Å². The molecule has 0 heterocycles. The van der Waals surface area contributed by atoms with E-state index in [1.54, 1.807) is 0 Å². The maximum absolute atomic E-state index is 11.8. The van der Waals surface area contributed by atoms with Crippen LogP contribution in [0.3, 0.4) is 0 Å². The quantitative estimate of drug-likeness (QED) is 0.382. The lowest BCUT2D eigenvalue weighted by molar-refractivity contribution is -0.142. The standard InChI is InChI=1S/C12H23N3O4S/c1-6(2)4-9(12(18)19)15-10(16)7(3)14-11(17)8(13)5-20/h6-9,20H,4-5,13H2,1-3H3,(H,14,17)(H,15,16)(H,18,19). The first-order valence-electron chi connectivity index (χ1n) is 6.39. The Kier molecular flexibility index (Phi) is 8.24. The number of thiol groups is 1. The Morgan fingerprint density at radius 2 is 1.70 bits per heavy atom. The fourth-order valence-corrected chi connectivity index (χ4v) is 1.62. The van der Waals surface area contributed by atoms with Gasteiger partial charge in [0.2, 0.25) is 11.8 Å². The van der Waals surface area contributed by atoms with Gasteiger partial charge in [-0.05, 0) is 19.3 Å². The molecule has 3 unspecified atom stereocenters. The van der Waals surface area contributed by atoms with Crippen molar-refractivity contribution in [1.82, 2.24) is 10.6 Å². The van der Waals surface area contributed by atoms with E-state index in [0.717, 1.165) is 0 Å². The second-order valence-corrected chi connectivity index (χ2v) is 5.41. The monoisotopic (exact) mass is 305 g/mol. The van der Waals surface area contributed by atoms with Crippen molar-refractivity contribution in [2.45, 2.75) is 45.3 Å². The van der Waals surface area contributed by atoms with Gasteiger partial charge in [0.15, 0.2) is 0 Å². The fraction of sp³-hybridized carbons (Fsp3) is 0.750. The number of aliphatic carboxylic acids is 1. The average molecular weight is 305 g/mol. The van der Waals surface area contributed by atoms with Crippen LogP contribution >= 0.6 is 12.6 Å². The fourth-order valence-electron chi connectivity index (χ4n) is 1.46. The molecule has 0 aliphatic heterocycles. The van der Waals surface area contributed by atoms with E-state index in [4.69, 9.17) is 10.8 Å². The highest BCUT2D eigenvalue weighted by molar-refractivity contribution is 7.80. The molecule has 0 aromatic carbocycles. The van der Waals surface area contributed by atoms with Gasteiger partial charge in [0.05, 0.1) is 6.04 Å². The van der Waals surface area contributed by atoms with Crippen LogP contribution in [0.4, 0.5) is 0 Å². The third-order valence-corrected chi connectivity index (χ3v) is 3.00. The topological polar surface area (TPSA) is 122 Å². The minimum Gasteiger partial charge on any atom is -0.480 e. The van der Waals surface area contributed by atoms with E-state index in [1.165, 1.54) is 6.92 Å². The largest absolute Gasteiger partial charge is 0.480 e. The molecule has 0 spiro atoms. The van der Waals surface area contributed by atoms with Crippen LogP contribution in [0.5, 0.6) is 0 Å². The molecule has 0 aromatic rings. The summed E-state index contributed by atoms with van der Waals surface area (Å²) in [5.74, 6) is -1.88. The Hall–Kier alpha value is -1.28. The number of carboxylic acid groups (broad SMARTS) is 1. The molecule has 0 rings (SSSR count). The lowest BCUT2D eigenvalue weighted by atomic mass is 10.0. The Bertz CT molecular complexity index is 363. The zero-order valence-electron chi connectivity index (χ0n) is 11.9. The third-order valence-electron chi connectivity index (χ3n) is 2.61. The highest BCUT2D eigenvalue weighted by Gasteiger charge is 2.25. The minimum absolute atomic E-state index is 0.124. The number of hydrogen-bond acceptors (Lipinski definition) is 5. The Labute approximate surface area is 124 Å². The van der Waals surface area contributed by atoms with Crippen molar-refractivity contribution >= 4 is 30.4 Å². The van der Waals surface area contributed by atoms with E-state index < -0.39 is 35.9 Å². The molecule has 0 bridgehead atoms. The van der Waals surface area contributed by atoms with Gasteiger partial charge in [0, 0.05) is 5.75 Å². The molecule has 0 saturated carbocycles. The lowest BCUT2D eigenvalue weighted by Gasteiger charge is -2.20. The molecule has 2 amide bonds. The highest BCUT2D eigenvalue weighted by atomic mass is 32.1. The minimum atomic E-state index is -1.10. The van der Waals surface area contributed by atoms with E-state index in [0.29, 0.717) is 6.42 Å². The van der Waals surface area contributed by atoms with E-state index in [9.17, 15) is 14.4 Å². The van der Waals surface area contributed by atoms with Crippen LogP contribution in [0.15, 0.2) is 0 Å². The Balaban J connectivity index is 4.49. The zero-order valence-corrected chi connectivity index (χ0v) is 12.8. The number of amides is 2. The zero-order chi connectivity index (χ0) is 15.9. The Morgan fingerprint density at radius 3 is 2.10 bits per heavy atom. The molecule has 0 saturated heterocycles. The van der Waals surface area contributed by atoms with E-state index in [-0.39, 0.29) is 11.7 Å². The summed E-state index contributed by atoms with van der Waals surface area (Å²) in [5, 5.41) is 13.8. The predicted octanol–water partition coefficient (Wildman–Crippen LogP) is -0.636. The van der Waals surface area contributed by atoms with Crippen LogP contribution in [0.1, 0.15) is 27.2 Å². The van der Waals surface area contributed by atoms with Crippen LogP contribution in [-0.2, 0) is 14.4 Å². The van der Waals surface area contributed by atoms with Crippen LogP contribution in [0.2, 0.25) is 0 Å². The van der Waals surface area contributed by atoms with E-state index >= 15 is 0 Å². The summed E-state index contributed by atoms with van der Waals surface area (Å²) in [4.78, 5) is 34.4. The second-order valence-electron chi connectivity index (χ2n) is 5.05. The van der Waals surface area contributed by atoms with Crippen molar-refractivity contribution in [1.29, 1.82) is 0 Å². The summed E-state index contributed by atoms with van der Waals surface area (Å²) in [7, 11) is 0. The van der Waals surface area contributed by atoms with E-state index in [1.807, 2.05) is 13.8 Å². The molecule has 0 aliphatic carbocycles. The summed E-state index contributed by atoms with van der Waals surface area (Å²) in [6.45, 7) is 5.19. The van der Waals surface area contributed by atoms with Crippen LogP contribution < -0.4 is 16.4 Å². The third kappa shape index (κ3) is 6.76. The van der Waals surface area contributed by atoms with Gasteiger partial charge in [-0.3, -0.25) is 9.59 Å². The van der Waals surface area contributed by atoms with Gasteiger partial charge in [-0.2, -0.15) is 12.6 Å². The summed E-state index contributed by atoms with van der Waals surface area (Å²) >= 11 is 3.88. The van der Waals surface area contributed by atoms with Crippen molar-refractivity contribution < 1.29 is 19.5 Å². The molecule has 116 valence electrons. The highest BCUT2D eigenvalue weighted by Crippen LogP contribution is 2.05. The number of carbonyl (C=O) groups is 3. The molecule has 3 atom stereocenters. The molecular formula is C12H23N3O4S. The first-order chi connectivity index (χ1) is 9.18. The maximum atomic E-state index is 11.8. The summed E-state index contributed by atoms with van der Waals surface area (Å²) < 4.78 is 0. The normalized spacial score (nSPS) is 15.3. The smallest absolute Gasteiger partial charge is 0.326 e. The molecule has 8 heteroatoms. The number of nitrogens with one attached hydrogen (secondary N) is 2. The van der Waals surface area contributed by atoms with Crippen molar-refractivity contribution in [3.05, 3.63) is 0 Å². The summed E-state index contributed by atoms with van der Waals surface area (Å²) in [5.41, 5.74) is 5.47. The molecule has 0 aliphatic rings. The van der Waals surface area contributed by atoms with Gasteiger partial charge in [-0.15, -0.1) is 0 Å². The molecule has 0 aromatic heterocycles. The SMILES string of the molecule is CC(C)CC(NC(=O)C(C)NC(=O)C(N)CS)C(=O)O. The summed E-state index contributed by atoms with van der Waals surface area (Å²) in [6, 6.07) is -2.64. The maximum Gasteiger partial charge on any atom is 0.326 e. The van der Waals surface area contributed by atoms with E-state index in [2.05, 4.69) is 23.3 Å². The summed E-state index contributed by atoms with van der Waals surface area (Å²) in [6.07, 6.45) is 0.317. The number of carbonyl (C=O) groups excluding carboxylic acids is 2. The van der Waals surface area contributed by atoms with Crippen molar-refractivity contribution in [2.24, 2.45) is 11.7 Å². The molecule has 0 radical (unpaired) electrons. The van der Waals surface area contributed by atoms with Crippen molar-refractivity contribution in [3.63, 3.8) is 0 Å². The number of carboxylic acids is 1. The molecule has 0 fully saturated rings. The van der Waals surface area contributed by atoms with Gasteiger partial charge in [0.25, 0.3) is 0 Å². The van der Waals surface area contributed by atoms with Gasteiger partial charge >= 0.3 is 5.97 Å². The first kappa shape index (κ1) is 18.7. The van der Waals surface area contributed by atoms with Gasteiger partial charge in [-0.25, -0.2) is 4.79 Å². The average Bonchev–Trinajstić information content (AvgIpc) is 2.35. The van der Waals surface area contributed by atoms with Crippen molar-refractivity contribution in [3.8, 4) is 0 Å². The lowest BCUT2D eigenvalue weighted by Crippen LogP contribution is -2.53. The molecule has 20 heavy (non-hydrogen) atoms. The van der Waals surface area contributed by atoms with Gasteiger partial charge < -0.3 is 21.5 Å². The number of rotatable bonds is 8. The second kappa shape index (κ2) is 8.80. The van der Waals surface area contributed by atoms with Crippen LogP contribution in [0, 0.1) is 5.92 Å². The molecular weight excluding hydrogens is 282 g/mol. The van der Waals surface area contributed by atoms with Gasteiger partial charge in [-0.1, -0.05) is 13.8 Å². The predicted molar refractivity (Wildman–Crippen MR) is 78.5 cm³/mol. The van der Waals surface area contributed by atoms with Crippen LogP contribution in [0.25, 0.3) is 0 Å².